The number of carboxylic acids is 1. The van der Waals surface area contributed by atoms with Gasteiger partial charge in [0.2, 0.25) is 5.85 Å². The van der Waals surface area contributed by atoms with Gasteiger partial charge in [0.1, 0.15) is 5.75 Å². The van der Waals surface area contributed by atoms with Crippen molar-refractivity contribution in [2.75, 3.05) is 0 Å². The fourth-order valence-electron chi connectivity index (χ4n) is 0.946. The van der Waals surface area contributed by atoms with Gasteiger partial charge in [0.25, 0.3) is 0 Å². The van der Waals surface area contributed by atoms with Gasteiger partial charge in [-0.2, -0.15) is 4.39 Å². The highest BCUT2D eigenvalue weighted by atomic mass is 19.2. The third-order valence-corrected chi connectivity index (χ3v) is 1.46. The first-order valence-corrected chi connectivity index (χ1v) is 4.10. The minimum Gasteiger partial charge on any atom is -0.478 e. The van der Waals surface area contributed by atoms with Gasteiger partial charge in [0.05, 0.1) is 5.56 Å². The van der Waals surface area contributed by atoms with Crippen LogP contribution in [0, 0.1) is 0 Å². The molecule has 1 N–H and O–H groups in total. The number of carbonyl (C=O) groups is 1. The third-order valence-electron chi connectivity index (χ3n) is 1.46. The van der Waals surface area contributed by atoms with Crippen LogP contribution in [0.2, 0.25) is 0 Å². The molecular formula is C10H11FO3. The van der Waals surface area contributed by atoms with E-state index in [1.54, 1.807) is 0 Å². The molecule has 0 amide bonds. The van der Waals surface area contributed by atoms with Gasteiger partial charge in [-0.3, -0.25) is 0 Å². The van der Waals surface area contributed by atoms with Gasteiger partial charge in [-0.15, -0.1) is 0 Å². The Morgan fingerprint density at radius 3 is 2.21 bits per heavy atom. The molecule has 0 aliphatic carbocycles. The molecular weight excluding hydrogens is 187 g/mol. The molecule has 4 heteroatoms. The molecule has 1 aromatic rings. The van der Waals surface area contributed by atoms with Gasteiger partial charge in [0.15, 0.2) is 0 Å². The molecule has 0 aromatic heterocycles. The first kappa shape index (κ1) is 10.5. The summed E-state index contributed by atoms with van der Waals surface area (Å²) >= 11 is 0. The molecule has 0 saturated heterocycles. The molecule has 0 saturated carbocycles. The number of aromatic carboxylic acids is 1. The molecule has 3 nitrogen and oxygen atoms in total. The van der Waals surface area contributed by atoms with Gasteiger partial charge in [0, 0.05) is 13.8 Å². The summed E-state index contributed by atoms with van der Waals surface area (Å²) in [5.41, 5.74) is 0.147. The minimum absolute atomic E-state index is 0.147. The Morgan fingerprint density at radius 2 is 1.86 bits per heavy atom. The van der Waals surface area contributed by atoms with Gasteiger partial charge < -0.3 is 9.84 Å². The summed E-state index contributed by atoms with van der Waals surface area (Å²) in [7, 11) is 0. The van der Waals surface area contributed by atoms with E-state index in [1.807, 2.05) is 0 Å². The average molecular weight is 198 g/mol. The number of hydrogen-bond donors (Lipinski definition) is 1. The van der Waals surface area contributed by atoms with Crippen molar-refractivity contribution in [2.24, 2.45) is 0 Å². The zero-order chi connectivity index (χ0) is 10.8. The highest BCUT2D eigenvalue weighted by Gasteiger charge is 2.16. The molecule has 0 radical (unpaired) electrons. The fourth-order valence-corrected chi connectivity index (χ4v) is 0.946. The molecule has 0 bridgehead atoms. The van der Waals surface area contributed by atoms with Crippen molar-refractivity contribution in [2.45, 2.75) is 19.7 Å². The fraction of sp³-hybridized carbons (Fsp3) is 0.300. The molecule has 0 aliphatic rings. The van der Waals surface area contributed by atoms with E-state index in [4.69, 9.17) is 9.84 Å². The highest BCUT2D eigenvalue weighted by Crippen LogP contribution is 2.19. The van der Waals surface area contributed by atoms with Crippen molar-refractivity contribution < 1.29 is 19.0 Å². The lowest BCUT2D eigenvalue weighted by atomic mass is 10.2. The van der Waals surface area contributed by atoms with Crippen LogP contribution >= 0.6 is 0 Å². The lowest BCUT2D eigenvalue weighted by molar-refractivity contribution is -0.0257. The zero-order valence-electron chi connectivity index (χ0n) is 7.95. The first-order valence-electron chi connectivity index (χ1n) is 4.10. The lowest BCUT2D eigenvalue weighted by Crippen LogP contribution is -2.20. The number of rotatable bonds is 3. The quantitative estimate of drug-likeness (QED) is 0.811. The minimum atomic E-state index is -1.76. The summed E-state index contributed by atoms with van der Waals surface area (Å²) in [6.45, 7) is 2.55. The molecule has 76 valence electrons. The van der Waals surface area contributed by atoms with Crippen molar-refractivity contribution in [1.82, 2.24) is 0 Å². The van der Waals surface area contributed by atoms with Crippen LogP contribution in [-0.2, 0) is 0 Å². The second kappa shape index (κ2) is 3.65. The third kappa shape index (κ3) is 3.05. The molecule has 0 spiro atoms. The van der Waals surface area contributed by atoms with Crippen LogP contribution < -0.4 is 4.74 Å². The van der Waals surface area contributed by atoms with Crippen LogP contribution in [0.4, 0.5) is 4.39 Å². The van der Waals surface area contributed by atoms with E-state index in [9.17, 15) is 9.18 Å². The molecule has 0 unspecified atom stereocenters. The van der Waals surface area contributed by atoms with Crippen LogP contribution in [0.15, 0.2) is 24.3 Å². The molecule has 1 rings (SSSR count). The van der Waals surface area contributed by atoms with Crippen molar-refractivity contribution in [3.63, 3.8) is 0 Å². The molecule has 14 heavy (non-hydrogen) atoms. The Hall–Kier alpha value is -1.58. The summed E-state index contributed by atoms with van der Waals surface area (Å²) in [5, 5.41) is 8.59. The maximum absolute atomic E-state index is 13.0. The zero-order valence-corrected chi connectivity index (χ0v) is 7.95. The van der Waals surface area contributed by atoms with E-state index in [1.165, 1.54) is 38.1 Å². The Morgan fingerprint density at radius 1 is 1.36 bits per heavy atom. The number of carboxylic acid groups (broad SMARTS) is 1. The number of halogens is 1. The summed E-state index contributed by atoms with van der Waals surface area (Å²) < 4.78 is 17.9. The Bertz CT molecular complexity index is 324. The number of ether oxygens (including phenoxy) is 1. The van der Waals surface area contributed by atoms with Gasteiger partial charge in [-0.05, 0) is 24.3 Å². The van der Waals surface area contributed by atoms with E-state index in [-0.39, 0.29) is 5.56 Å². The number of benzene rings is 1. The monoisotopic (exact) mass is 198 g/mol. The standard InChI is InChI=1S/C10H11FO3/c1-10(2,11)14-8-5-3-7(4-6-8)9(12)13/h3-6H,1-2H3,(H,12,13). The smallest absolute Gasteiger partial charge is 0.335 e. The summed E-state index contributed by atoms with van der Waals surface area (Å²) in [6, 6.07) is 5.57. The lowest BCUT2D eigenvalue weighted by Gasteiger charge is -2.16. The molecule has 1 aromatic carbocycles. The molecule has 0 aliphatic heterocycles. The summed E-state index contributed by atoms with van der Waals surface area (Å²) in [5.74, 6) is -2.47. The maximum Gasteiger partial charge on any atom is 0.335 e. The molecule has 0 atom stereocenters. The first-order chi connectivity index (χ1) is 6.38. The number of hydrogen-bond acceptors (Lipinski definition) is 2. The topological polar surface area (TPSA) is 46.5 Å². The Kier molecular flexibility index (Phi) is 2.74. The van der Waals surface area contributed by atoms with E-state index >= 15 is 0 Å². The molecule has 0 fully saturated rings. The summed E-state index contributed by atoms with van der Waals surface area (Å²) in [4.78, 5) is 10.5. The van der Waals surface area contributed by atoms with Crippen LogP contribution in [0.5, 0.6) is 5.75 Å². The maximum atomic E-state index is 13.0. The van der Waals surface area contributed by atoms with Crippen molar-refractivity contribution in [3.8, 4) is 5.75 Å². The van der Waals surface area contributed by atoms with E-state index in [0.717, 1.165) is 0 Å². The molecule has 0 heterocycles. The van der Waals surface area contributed by atoms with Crippen LogP contribution in [-0.4, -0.2) is 16.9 Å². The van der Waals surface area contributed by atoms with Crippen LogP contribution in [0.25, 0.3) is 0 Å². The second-order valence-electron chi connectivity index (χ2n) is 3.29. The average Bonchev–Trinajstić information content (AvgIpc) is 2.02. The highest BCUT2D eigenvalue weighted by molar-refractivity contribution is 5.87. The predicted molar refractivity (Wildman–Crippen MR) is 49.2 cm³/mol. The predicted octanol–water partition coefficient (Wildman–Crippen LogP) is 2.47. The Labute approximate surface area is 81.1 Å². The van der Waals surface area contributed by atoms with Crippen molar-refractivity contribution in [1.29, 1.82) is 0 Å². The number of alkyl halides is 1. The van der Waals surface area contributed by atoms with Crippen LogP contribution in [0.3, 0.4) is 0 Å². The SMILES string of the molecule is CC(C)(F)Oc1ccc(C(=O)O)cc1. The van der Waals surface area contributed by atoms with E-state index in [0.29, 0.717) is 5.75 Å². The summed E-state index contributed by atoms with van der Waals surface area (Å²) in [6.07, 6.45) is 0. The van der Waals surface area contributed by atoms with Gasteiger partial charge in [-0.1, -0.05) is 0 Å². The second-order valence-corrected chi connectivity index (χ2v) is 3.29. The van der Waals surface area contributed by atoms with E-state index < -0.39 is 11.8 Å². The van der Waals surface area contributed by atoms with Gasteiger partial charge >= 0.3 is 5.97 Å². The van der Waals surface area contributed by atoms with E-state index in [2.05, 4.69) is 0 Å². The largest absolute Gasteiger partial charge is 0.478 e. The van der Waals surface area contributed by atoms with Crippen molar-refractivity contribution in [3.05, 3.63) is 29.8 Å². The van der Waals surface area contributed by atoms with Crippen molar-refractivity contribution >= 4 is 5.97 Å². The Balaban J connectivity index is 2.79. The van der Waals surface area contributed by atoms with Crippen LogP contribution in [0.1, 0.15) is 24.2 Å². The van der Waals surface area contributed by atoms with Gasteiger partial charge in [-0.25, -0.2) is 4.79 Å². The normalized spacial score (nSPS) is 11.1.